The van der Waals surface area contributed by atoms with E-state index in [1.54, 1.807) is 6.07 Å². The average Bonchev–Trinajstić information content (AvgIpc) is 2.17. The highest BCUT2D eigenvalue weighted by Crippen LogP contribution is 2.39. The van der Waals surface area contributed by atoms with Gasteiger partial charge in [-0.1, -0.05) is 6.42 Å². The Hall–Kier alpha value is -1.64. The number of phenolic OH excluding ortho intramolecular Hbond substituents is 1. The fraction of sp³-hybridized carbons (Fsp3) is 0.333. The molecule has 0 unspecified atom stereocenters. The fourth-order valence-corrected chi connectivity index (χ4v) is 1.91. The Labute approximate surface area is 87.7 Å². The van der Waals surface area contributed by atoms with Gasteiger partial charge in [0.05, 0.1) is 5.56 Å². The first-order chi connectivity index (χ1) is 7.26. The minimum absolute atomic E-state index is 0.116. The lowest BCUT2D eigenvalue weighted by Gasteiger charge is -2.27. The average molecular weight is 204 g/mol. The van der Waals surface area contributed by atoms with Crippen molar-refractivity contribution >= 4 is 12.6 Å². The van der Waals surface area contributed by atoms with Crippen molar-refractivity contribution in [2.75, 3.05) is 0 Å². The second-order valence-corrected chi connectivity index (χ2v) is 3.90. The summed E-state index contributed by atoms with van der Waals surface area (Å²) in [6.07, 6.45) is 4.64. The van der Waals surface area contributed by atoms with Crippen molar-refractivity contribution < 1.29 is 14.7 Å². The first-order valence-electron chi connectivity index (χ1n) is 5.03. The highest BCUT2D eigenvalue weighted by molar-refractivity contribution is 5.85. The predicted molar refractivity (Wildman–Crippen MR) is 55.5 cm³/mol. The van der Waals surface area contributed by atoms with Crippen LogP contribution in [0.25, 0.3) is 0 Å². The van der Waals surface area contributed by atoms with E-state index in [2.05, 4.69) is 0 Å². The fourth-order valence-electron chi connectivity index (χ4n) is 1.91. The van der Waals surface area contributed by atoms with Crippen LogP contribution in [-0.2, 0) is 0 Å². The number of rotatable bonds is 3. The van der Waals surface area contributed by atoms with Crippen LogP contribution in [0.1, 0.15) is 51.5 Å². The van der Waals surface area contributed by atoms with Crippen LogP contribution in [0.4, 0.5) is 0 Å². The Morgan fingerprint density at radius 1 is 1.13 bits per heavy atom. The van der Waals surface area contributed by atoms with Crippen LogP contribution in [0.5, 0.6) is 5.75 Å². The lowest BCUT2D eigenvalue weighted by atomic mass is 9.78. The molecule has 1 aliphatic rings. The monoisotopic (exact) mass is 204 g/mol. The van der Waals surface area contributed by atoms with E-state index >= 15 is 0 Å². The summed E-state index contributed by atoms with van der Waals surface area (Å²) >= 11 is 0. The normalized spacial score (nSPS) is 15.7. The van der Waals surface area contributed by atoms with E-state index in [-0.39, 0.29) is 11.3 Å². The van der Waals surface area contributed by atoms with E-state index in [1.165, 1.54) is 12.5 Å². The topological polar surface area (TPSA) is 54.4 Å². The molecule has 2 rings (SSSR count). The maximum Gasteiger partial charge on any atom is 0.153 e. The molecule has 1 saturated carbocycles. The van der Waals surface area contributed by atoms with Crippen LogP contribution in [0.15, 0.2) is 12.1 Å². The van der Waals surface area contributed by atoms with Gasteiger partial charge in [0.1, 0.15) is 12.0 Å². The zero-order chi connectivity index (χ0) is 10.8. The Bertz CT molecular complexity index is 406. The quantitative estimate of drug-likeness (QED) is 0.768. The summed E-state index contributed by atoms with van der Waals surface area (Å²) in [7, 11) is 0. The minimum atomic E-state index is -0.116. The van der Waals surface area contributed by atoms with E-state index in [9.17, 15) is 14.7 Å². The van der Waals surface area contributed by atoms with E-state index in [1.807, 2.05) is 0 Å². The van der Waals surface area contributed by atoms with Crippen molar-refractivity contribution in [2.24, 2.45) is 0 Å². The molecular weight excluding hydrogens is 192 g/mol. The number of aromatic hydroxyl groups is 1. The molecule has 0 radical (unpaired) electrons. The van der Waals surface area contributed by atoms with Gasteiger partial charge in [0, 0.05) is 5.56 Å². The van der Waals surface area contributed by atoms with Gasteiger partial charge < -0.3 is 5.11 Å². The molecule has 0 amide bonds. The van der Waals surface area contributed by atoms with E-state index in [0.717, 1.165) is 24.7 Å². The van der Waals surface area contributed by atoms with Crippen LogP contribution in [0, 0.1) is 0 Å². The summed E-state index contributed by atoms with van der Waals surface area (Å²) in [5, 5.41) is 9.43. The Balaban J connectivity index is 2.49. The number of phenols is 1. The van der Waals surface area contributed by atoms with Crippen molar-refractivity contribution in [3.05, 3.63) is 28.8 Å². The molecule has 0 heterocycles. The lowest BCUT2D eigenvalue weighted by molar-refractivity contribution is 0.110. The summed E-state index contributed by atoms with van der Waals surface area (Å²) in [6.45, 7) is 0. The molecule has 0 bridgehead atoms. The standard InChI is InChI=1S/C12H12O3/c13-6-9-5-12(15)10(7-14)4-11(9)8-2-1-3-8/h4-8,15H,1-3H2. The third kappa shape index (κ3) is 1.65. The number of benzene rings is 1. The van der Waals surface area contributed by atoms with Crippen LogP contribution >= 0.6 is 0 Å². The summed E-state index contributed by atoms with van der Waals surface area (Å²) in [5.74, 6) is 0.264. The zero-order valence-corrected chi connectivity index (χ0v) is 8.27. The van der Waals surface area contributed by atoms with Crippen molar-refractivity contribution in [1.29, 1.82) is 0 Å². The highest BCUT2D eigenvalue weighted by Gasteiger charge is 2.23. The lowest BCUT2D eigenvalue weighted by Crippen LogP contribution is -2.11. The molecular formula is C12H12O3. The van der Waals surface area contributed by atoms with Gasteiger partial charge in [-0.05, 0) is 36.5 Å². The predicted octanol–water partition coefficient (Wildman–Crippen LogP) is 2.28. The van der Waals surface area contributed by atoms with Crippen LogP contribution in [0.3, 0.4) is 0 Å². The van der Waals surface area contributed by atoms with Gasteiger partial charge in [-0.2, -0.15) is 0 Å². The molecule has 0 aromatic heterocycles. The van der Waals surface area contributed by atoms with Gasteiger partial charge in [-0.3, -0.25) is 9.59 Å². The summed E-state index contributed by atoms with van der Waals surface area (Å²) in [6, 6.07) is 3.01. The number of carbonyl (C=O) groups excluding carboxylic acids is 2. The molecule has 0 saturated heterocycles. The Morgan fingerprint density at radius 2 is 1.80 bits per heavy atom. The molecule has 0 spiro atoms. The van der Waals surface area contributed by atoms with Crippen LogP contribution in [0.2, 0.25) is 0 Å². The first-order valence-corrected chi connectivity index (χ1v) is 5.03. The van der Waals surface area contributed by atoms with E-state index in [0.29, 0.717) is 17.8 Å². The van der Waals surface area contributed by atoms with Crippen LogP contribution in [-0.4, -0.2) is 17.7 Å². The molecule has 0 atom stereocenters. The number of hydrogen-bond donors (Lipinski definition) is 1. The molecule has 15 heavy (non-hydrogen) atoms. The van der Waals surface area contributed by atoms with E-state index in [4.69, 9.17) is 0 Å². The Kier molecular flexibility index (Phi) is 2.54. The van der Waals surface area contributed by atoms with Gasteiger partial charge >= 0.3 is 0 Å². The first kappa shape index (κ1) is 9.90. The number of aldehydes is 2. The van der Waals surface area contributed by atoms with Crippen LogP contribution < -0.4 is 0 Å². The van der Waals surface area contributed by atoms with Crippen molar-refractivity contribution in [2.45, 2.75) is 25.2 Å². The van der Waals surface area contributed by atoms with Crippen molar-refractivity contribution in [1.82, 2.24) is 0 Å². The smallest absolute Gasteiger partial charge is 0.153 e. The molecule has 1 fully saturated rings. The second kappa shape index (κ2) is 3.85. The minimum Gasteiger partial charge on any atom is -0.507 e. The largest absolute Gasteiger partial charge is 0.507 e. The van der Waals surface area contributed by atoms with Gasteiger partial charge in [-0.25, -0.2) is 0 Å². The molecule has 1 aliphatic carbocycles. The third-order valence-corrected chi connectivity index (χ3v) is 3.03. The van der Waals surface area contributed by atoms with Gasteiger partial charge in [0.25, 0.3) is 0 Å². The SMILES string of the molecule is O=Cc1cc(C2CCC2)c(C=O)cc1O. The maximum absolute atomic E-state index is 10.8. The number of hydrogen-bond acceptors (Lipinski definition) is 3. The van der Waals surface area contributed by atoms with E-state index < -0.39 is 0 Å². The second-order valence-electron chi connectivity index (χ2n) is 3.90. The molecule has 0 aliphatic heterocycles. The maximum atomic E-state index is 10.8. The van der Waals surface area contributed by atoms with Crippen molar-refractivity contribution in [3.8, 4) is 5.75 Å². The number of carbonyl (C=O) groups is 2. The van der Waals surface area contributed by atoms with Gasteiger partial charge in [-0.15, -0.1) is 0 Å². The van der Waals surface area contributed by atoms with Crippen molar-refractivity contribution in [3.63, 3.8) is 0 Å². The molecule has 78 valence electrons. The molecule has 1 aromatic rings. The summed E-state index contributed by atoms with van der Waals surface area (Å²) < 4.78 is 0. The molecule has 3 heteroatoms. The zero-order valence-electron chi connectivity index (χ0n) is 8.27. The summed E-state index contributed by atoms with van der Waals surface area (Å²) in [4.78, 5) is 21.5. The molecule has 3 nitrogen and oxygen atoms in total. The third-order valence-electron chi connectivity index (χ3n) is 3.03. The Morgan fingerprint density at radius 3 is 2.27 bits per heavy atom. The molecule has 1 N–H and O–H groups in total. The summed E-state index contributed by atoms with van der Waals surface area (Å²) in [5.41, 5.74) is 1.67. The highest BCUT2D eigenvalue weighted by atomic mass is 16.3. The molecule has 1 aromatic carbocycles. The van der Waals surface area contributed by atoms with Gasteiger partial charge in [0.2, 0.25) is 0 Å². The van der Waals surface area contributed by atoms with Gasteiger partial charge in [0.15, 0.2) is 6.29 Å².